The van der Waals surface area contributed by atoms with Crippen LogP contribution >= 0.6 is 0 Å². The maximum absolute atomic E-state index is 11.3. The molecule has 8 nitrogen and oxygen atoms in total. The highest BCUT2D eigenvalue weighted by atomic mass is 16.6. The predicted molar refractivity (Wildman–Crippen MR) is 60.2 cm³/mol. The van der Waals surface area contributed by atoms with Crippen LogP contribution < -0.4 is 0 Å². The van der Waals surface area contributed by atoms with Crippen molar-refractivity contribution in [3.63, 3.8) is 0 Å². The van der Waals surface area contributed by atoms with Crippen LogP contribution in [-0.2, 0) is 9.47 Å². The van der Waals surface area contributed by atoms with Crippen molar-refractivity contribution in [3.05, 3.63) is 0 Å². The zero-order valence-corrected chi connectivity index (χ0v) is 11.4. The van der Waals surface area contributed by atoms with E-state index in [0.29, 0.717) is 10.1 Å². The summed E-state index contributed by atoms with van der Waals surface area (Å²) in [5.74, 6) is 0. The highest BCUT2D eigenvalue weighted by Crippen LogP contribution is 2.32. The maximum atomic E-state index is 11.3. The van der Waals surface area contributed by atoms with E-state index in [0.717, 1.165) is 14.2 Å². The molecule has 0 spiro atoms. The maximum Gasteiger partial charge on any atom is 0.434 e. The first-order valence-electron chi connectivity index (χ1n) is 5.18. The van der Waals surface area contributed by atoms with E-state index in [-0.39, 0.29) is 0 Å². The Labute approximate surface area is 106 Å². The van der Waals surface area contributed by atoms with Gasteiger partial charge in [-0.2, -0.15) is 10.1 Å². The highest BCUT2D eigenvalue weighted by Gasteiger charge is 2.50. The molecule has 0 fully saturated rings. The number of rotatable bonds is 3. The molecule has 0 aliphatic rings. The Bertz CT molecular complexity index is 296. The van der Waals surface area contributed by atoms with Crippen LogP contribution in [0.3, 0.4) is 0 Å². The Hall–Kier alpha value is -1.54. The van der Waals surface area contributed by atoms with Gasteiger partial charge in [0.2, 0.25) is 0 Å². The van der Waals surface area contributed by atoms with Gasteiger partial charge >= 0.3 is 12.2 Å². The number of amides is 2. The molecule has 2 N–H and O–H groups in total. The fraction of sp³-hybridized carbons (Fsp3) is 0.800. The monoisotopic (exact) mass is 264 g/mol. The molecule has 8 heteroatoms. The summed E-state index contributed by atoms with van der Waals surface area (Å²) in [7, 11) is 2.21. The fourth-order valence-corrected chi connectivity index (χ4v) is 1.15. The molecular formula is C10H20N2O6. The SMILES string of the molecule is COC(=O)N(O)C(C)(C)C(C)(C)N(O)C(=O)OC. The van der Waals surface area contributed by atoms with Crippen LogP contribution in [0.25, 0.3) is 0 Å². The summed E-state index contributed by atoms with van der Waals surface area (Å²) < 4.78 is 8.76. The van der Waals surface area contributed by atoms with Crippen molar-refractivity contribution in [2.24, 2.45) is 0 Å². The Balaban J connectivity index is 5.30. The van der Waals surface area contributed by atoms with Gasteiger partial charge in [-0.05, 0) is 27.7 Å². The van der Waals surface area contributed by atoms with E-state index in [9.17, 15) is 20.0 Å². The molecule has 0 aromatic rings. The summed E-state index contributed by atoms with van der Waals surface area (Å²) >= 11 is 0. The lowest BCUT2D eigenvalue weighted by atomic mass is 9.82. The molecule has 2 amide bonds. The first-order valence-corrected chi connectivity index (χ1v) is 5.18. The number of ether oxygens (including phenoxy) is 2. The molecule has 0 aliphatic carbocycles. The summed E-state index contributed by atoms with van der Waals surface area (Å²) in [6, 6.07) is 0. The van der Waals surface area contributed by atoms with Crippen molar-refractivity contribution >= 4 is 12.2 Å². The Morgan fingerprint density at radius 3 is 1.22 bits per heavy atom. The van der Waals surface area contributed by atoms with Crippen LogP contribution in [0.1, 0.15) is 27.7 Å². The van der Waals surface area contributed by atoms with Gasteiger partial charge in [-0.1, -0.05) is 0 Å². The summed E-state index contributed by atoms with van der Waals surface area (Å²) in [6.07, 6.45) is -2.02. The van der Waals surface area contributed by atoms with Crippen molar-refractivity contribution in [3.8, 4) is 0 Å². The van der Waals surface area contributed by atoms with Crippen LogP contribution in [0.2, 0.25) is 0 Å². The molecule has 0 aromatic heterocycles. The average Bonchev–Trinajstić information content (AvgIpc) is 2.34. The molecule has 0 aliphatic heterocycles. The van der Waals surface area contributed by atoms with Crippen LogP contribution in [0, 0.1) is 0 Å². The van der Waals surface area contributed by atoms with Gasteiger partial charge in [0.1, 0.15) is 0 Å². The zero-order valence-electron chi connectivity index (χ0n) is 11.4. The van der Waals surface area contributed by atoms with Crippen molar-refractivity contribution in [2.75, 3.05) is 14.2 Å². The molecule has 0 aromatic carbocycles. The van der Waals surface area contributed by atoms with Crippen molar-refractivity contribution in [2.45, 2.75) is 38.8 Å². The third kappa shape index (κ3) is 2.65. The second kappa shape index (κ2) is 5.40. The van der Waals surface area contributed by atoms with Crippen molar-refractivity contribution < 1.29 is 29.5 Å². The molecule has 18 heavy (non-hydrogen) atoms. The first kappa shape index (κ1) is 16.5. The van der Waals surface area contributed by atoms with Gasteiger partial charge in [-0.25, -0.2) is 9.59 Å². The van der Waals surface area contributed by atoms with Crippen molar-refractivity contribution in [1.29, 1.82) is 0 Å². The van der Waals surface area contributed by atoms with Gasteiger partial charge < -0.3 is 9.47 Å². The standard InChI is InChI=1S/C10H20N2O6/c1-9(2,11(15)7(13)17-5)10(3,4)12(16)8(14)18-6/h15-16H,1-6H3. The molecule has 0 saturated carbocycles. The van der Waals surface area contributed by atoms with Crippen LogP contribution in [0.5, 0.6) is 0 Å². The molecule has 0 unspecified atom stereocenters. The van der Waals surface area contributed by atoms with E-state index in [1.165, 1.54) is 27.7 Å². The number of carbonyl (C=O) groups is 2. The minimum Gasteiger partial charge on any atom is -0.451 e. The predicted octanol–water partition coefficient (Wildman–Crippen LogP) is 1.46. The minimum absolute atomic E-state index is 0.305. The van der Waals surface area contributed by atoms with Crippen LogP contribution in [0.4, 0.5) is 9.59 Å². The molecule has 0 heterocycles. The largest absolute Gasteiger partial charge is 0.451 e. The zero-order chi connectivity index (χ0) is 14.7. The molecule has 0 radical (unpaired) electrons. The average molecular weight is 264 g/mol. The van der Waals surface area contributed by atoms with Crippen LogP contribution in [0.15, 0.2) is 0 Å². The lowest BCUT2D eigenvalue weighted by molar-refractivity contribution is -0.225. The second-order valence-electron chi connectivity index (χ2n) is 4.68. The summed E-state index contributed by atoms with van der Waals surface area (Å²) in [5, 5.41) is 20.1. The first-order chi connectivity index (χ1) is 8.03. The Morgan fingerprint density at radius 2 is 1.06 bits per heavy atom. The van der Waals surface area contributed by atoms with Gasteiger partial charge in [-0.15, -0.1) is 0 Å². The van der Waals surface area contributed by atoms with E-state index in [2.05, 4.69) is 9.47 Å². The Kier molecular flexibility index (Phi) is 4.94. The van der Waals surface area contributed by atoms with E-state index in [1.54, 1.807) is 0 Å². The van der Waals surface area contributed by atoms with E-state index >= 15 is 0 Å². The van der Waals surface area contributed by atoms with E-state index in [4.69, 9.17) is 0 Å². The minimum atomic E-state index is -1.33. The molecule has 0 bridgehead atoms. The summed E-state index contributed by atoms with van der Waals surface area (Å²) in [4.78, 5) is 22.6. The third-order valence-electron chi connectivity index (χ3n) is 3.25. The van der Waals surface area contributed by atoms with Gasteiger partial charge in [0.15, 0.2) is 0 Å². The van der Waals surface area contributed by atoms with E-state index < -0.39 is 23.3 Å². The van der Waals surface area contributed by atoms with Gasteiger partial charge in [-0.3, -0.25) is 10.4 Å². The van der Waals surface area contributed by atoms with Crippen molar-refractivity contribution in [1.82, 2.24) is 10.1 Å². The van der Waals surface area contributed by atoms with Gasteiger partial charge in [0.05, 0.1) is 25.3 Å². The topological polar surface area (TPSA) is 99.5 Å². The van der Waals surface area contributed by atoms with Crippen LogP contribution in [-0.4, -0.2) is 58.0 Å². The number of hydroxylamine groups is 4. The number of hydrogen-bond acceptors (Lipinski definition) is 6. The highest BCUT2D eigenvalue weighted by molar-refractivity contribution is 5.69. The second-order valence-corrected chi connectivity index (χ2v) is 4.68. The number of carbonyl (C=O) groups excluding carboxylic acids is 2. The molecule has 0 saturated heterocycles. The van der Waals surface area contributed by atoms with Gasteiger partial charge in [0.25, 0.3) is 0 Å². The Morgan fingerprint density at radius 1 is 0.833 bits per heavy atom. The number of nitrogens with zero attached hydrogens (tertiary/aromatic N) is 2. The quantitative estimate of drug-likeness (QED) is 0.591. The normalized spacial score (nSPS) is 11.8. The molecule has 0 atom stereocenters. The molecule has 106 valence electrons. The summed E-state index contributed by atoms with van der Waals surface area (Å²) in [5.41, 5.74) is -2.66. The lowest BCUT2D eigenvalue weighted by Crippen LogP contribution is -2.66. The smallest absolute Gasteiger partial charge is 0.434 e. The number of hydrogen-bond donors (Lipinski definition) is 2. The molecular weight excluding hydrogens is 244 g/mol. The fourth-order valence-electron chi connectivity index (χ4n) is 1.15. The third-order valence-corrected chi connectivity index (χ3v) is 3.25. The summed E-state index contributed by atoms with van der Waals surface area (Å²) in [6.45, 7) is 5.82. The number of methoxy groups -OCH3 is 2. The van der Waals surface area contributed by atoms with Gasteiger partial charge in [0, 0.05) is 0 Å². The molecule has 0 rings (SSSR count). The lowest BCUT2D eigenvalue weighted by Gasteiger charge is -2.47. The van der Waals surface area contributed by atoms with E-state index in [1.807, 2.05) is 0 Å².